The zero-order chi connectivity index (χ0) is 20.1. The highest BCUT2D eigenvalue weighted by Gasteiger charge is 2.22. The first kappa shape index (κ1) is 18.7. The number of anilines is 2. The maximum absolute atomic E-state index is 12.4. The third kappa shape index (κ3) is 4.60. The van der Waals surface area contributed by atoms with Crippen LogP contribution in [0, 0.1) is 0 Å². The Morgan fingerprint density at radius 1 is 0.897 bits per heavy atom. The summed E-state index contributed by atoms with van der Waals surface area (Å²) in [7, 11) is 0. The van der Waals surface area contributed by atoms with Crippen molar-refractivity contribution in [1.29, 1.82) is 0 Å². The Bertz CT molecular complexity index is 1000. The average molecular weight is 390 g/mol. The molecule has 0 bridgehead atoms. The van der Waals surface area contributed by atoms with Gasteiger partial charge < -0.3 is 20.4 Å². The number of fused-ring (bicyclic) bond motifs is 1. The molecule has 148 valence electrons. The number of hydrogen-bond donors (Lipinski definition) is 2. The van der Waals surface area contributed by atoms with E-state index in [2.05, 4.69) is 20.6 Å². The van der Waals surface area contributed by atoms with Gasteiger partial charge in [-0.25, -0.2) is 14.8 Å². The molecule has 0 atom stereocenters. The second kappa shape index (κ2) is 8.55. The van der Waals surface area contributed by atoms with Crippen LogP contribution in [0.25, 0.3) is 10.8 Å². The molecule has 1 saturated heterocycles. The lowest BCUT2D eigenvalue weighted by Gasteiger charge is -2.34. The summed E-state index contributed by atoms with van der Waals surface area (Å²) in [4.78, 5) is 36.8. The van der Waals surface area contributed by atoms with Gasteiger partial charge in [0.1, 0.15) is 0 Å². The van der Waals surface area contributed by atoms with E-state index in [1.807, 2.05) is 47.4 Å². The van der Waals surface area contributed by atoms with Crippen molar-refractivity contribution in [3.63, 3.8) is 0 Å². The fourth-order valence-electron chi connectivity index (χ4n) is 3.30. The number of rotatable bonds is 4. The van der Waals surface area contributed by atoms with Crippen LogP contribution in [0.4, 0.5) is 16.4 Å². The molecule has 2 N–H and O–H groups in total. The Labute approximate surface area is 168 Å². The number of nitrogens with zero attached hydrogens (tertiary/aromatic N) is 4. The van der Waals surface area contributed by atoms with Crippen molar-refractivity contribution in [2.24, 2.45) is 0 Å². The van der Waals surface area contributed by atoms with Gasteiger partial charge in [0.25, 0.3) is 0 Å². The molecule has 3 aromatic rings. The highest BCUT2D eigenvalue weighted by molar-refractivity contribution is 5.96. The van der Waals surface area contributed by atoms with E-state index in [1.165, 1.54) is 0 Å². The second-order valence-electron chi connectivity index (χ2n) is 6.79. The summed E-state index contributed by atoms with van der Waals surface area (Å²) in [6, 6.07) is 15.2. The molecule has 1 aliphatic heterocycles. The summed E-state index contributed by atoms with van der Waals surface area (Å²) < 4.78 is 0. The first-order valence-electron chi connectivity index (χ1n) is 9.52. The van der Waals surface area contributed by atoms with Crippen molar-refractivity contribution in [3.8, 4) is 0 Å². The number of carbonyl (C=O) groups is 2. The quantitative estimate of drug-likeness (QED) is 0.712. The van der Waals surface area contributed by atoms with Gasteiger partial charge in [-0.3, -0.25) is 4.79 Å². The molecule has 8 nitrogen and oxygen atoms in total. The zero-order valence-electron chi connectivity index (χ0n) is 15.9. The molecule has 8 heteroatoms. The normalized spacial score (nSPS) is 13.9. The molecule has 1 aromatic heterocycles. The zero-order valence-corrected chi connectivity index (χ0v) is 15.9. The molecule has 0 aliphatic carbocycles. The standard InChI is InChI=1S/C21H22N6O2/c28-19(25-18-7-6-16-4-1-2-5-17(16)14-18)15-24-21(29)27-12-10-26(11-13-27)20-22-8-3-9-23-20/h1-9,14H,10-13,15H2,(H,24,29)(H,25,28). The first-order chi connectivity index (χ1) is 14.2. The Kier molecular flexibility index (Phi) is 5.51. The third-order valence-electron chi connectivity index (χ3n) is 4.84. The molecule has 0 saturated carbocycles. The van der Waals surface area contributed by atoms with Gasteiger partial charge in [-0.1, -0.05) is 30.3 Å². The number of benzene rings is 2. The molecule has 4 rings (SSSR count). The van der Waals surface area contributed by atoms with Crippen molar-refractivity contribution in [2.45, 2.75) is 0 Å². The number of nitrogens with one attached hydrogen (secondary N) is 2. The minimum absolute atomic E-state index is 0.0757. The molecule has 1 fully saturated rings. The van der Waals surface area contributed by atoms with Crippen molar-refractivity contribution in [3.05, 3.63) is 60.9 Å². The molecule has 3 amide bonds. The van der Waals surface area contributed by atoms with E-state index in [1.54, 1.807) is 23.4 Å². The molecule has 0 radical (unpaired) electrons. The van der Waals surface area contributed by atoms with E-state index < -0.39 is 0 Å². The van der Waals surface area contributed by atoms with Crippen LogP contribution < -0.4 is 15.5 Å². The van der Waals surface area contributed by atoms with Gasteiger partial charge in [0.2, 0.25) is 11.9 Å². The summed E-state index contributed by atoms with van der Waals surface area (Å²) in [5.41, 5.74) is 0.708. The van der Waals surface area contributed by atoms with Crippen LogP contribution >= 0.6 is 0 Å². The molecular formula is C21H22N6O2. The van der Waals surface area contributed by atoms with Crippen LogP contribution in [-0.2, 0) is 4.79 Å². The van der Waals surface area contributed by atoms with Gasteiger partial charge in [-0.15, -0.1) is 0 Å². The smallest absolute Gasteiger partial charge is 0.317 e. The van der Waals surface area contributed by atoms with Crippen molar-refractivity contribution in [1.82, 2.24) is 20.2 Å². The van der Waals surface area contributed by atoms with Gasteiger partial charge in [-0.2, -0.15) is 0 Å². The van der Waals surface area contributed by atoms with Crippen LogP contribution in [0.5, 0.6) is 0 Å². The van der Waals surface area contributed by atoms with Crippen molar-refractivity contribution < 1.29 is 9.59 Å². The van der Waals surface area contributed by atoms with E-state index in [4.69, 9.17) is 0 Å². The lowest BCUT2D eigenvalue weighted by Crippen LogP contribution is -2.53. The van der Waals surface area contributed by atoms with E-state index >= 15 is 0 Å². The summed E-state index contributed by atoms with van der Waals surface area (Å²) >= 11 is 0. The topological polar surface area (TPSA) is 90.5 Å². The summed E-state index contributed by atoms with van der Waals surface area (Å²) in [5, 5.41) is 7.67. The SMILES string of the molecule is O=C(CNC(=O)N1CCN(c2ncccn2)CC1)Nc1ccc2ccccc2c1. The molecule has 0 unspecified atom stereocenters. The van der Waals surface area contributed by atoms with Crippen LogP contribution in [0.3, 0.4) is 0 Å². The monoisotopic (exact) mass is 390 g/mol. The number of carbonyl (C=O) groups excluding carboxylic acids is 2. The maximum atomic E-state index is 12.4. The van der Waals surface area contributed by atoms with Crippen LogP contribution in [0.2, 0.25) is 0 Å². The fourth-order valence-corrected chi connectivity index (χ4v) is 3.30. The van der Waals surface area contributed by atoms with Crippen molar-refractivity contribution in [2.75, 3.05) is 42.9 Å². The number of urea groups is 1. The molecule has 2 heterocycles. The van der Waals surface area contributed by atoms with Crippen molar-refractivity contribution >= 4 is 34.3 Å². The molecule has 1 aliphatic rings. The van der Waals surface area contributed by atoms with E-state index in [0.717, 1.165) is 10.8 Å². The average Bonchev–Trinajstić information content (AvgIpc) is 2.78. The number of amides is 3. The second-order valence-corrected chi connectivity index (χ2v) is 6.79. The molecule has 2 aromatic carbocycles. The molecule has 29 heavy (non-hydrogen) atoms. The largest absolute Gasteiger partial charge is 0.337 e. The summed E-state index contributed by atoms with van der Waals surface area (Å²) in [5.74, 6) is 0.410. The van der Waals surface area contributed by atoms with Gasteiger partial charge in [0, 0.05) is 44.3 Å². The minimum Gasteiger partial charge on any atom is -0.337 e. The van der Waals surface area contributed by atoms with E-state index in [9.17, 15) is 9.59 Å². The van der Waals surface area contributed by atoms with E-state index in [-0.39, 0.29) is 18.5 Å². The van der Waals surface area contributed by atoms with Crippen LogP contribution in [-0.4, -0.2) is 59.5 Å². The van der Waals surface area contributed by atoms with Gasteiger partial charge in [-0.05, 0) is 29.0 Å². The Morgan fingerprint density at radius 2 is 1.62 bits per heavy atom. The number of hydrogen-bond acceptors (Lipinski definition) is 5. The summed E-state index contributed by atoms with van der Waals surface area (Å²) in [6.07, 6.45) is 3.41. The van der Waals surface area contributed by atoms with Crippen LogP contribution in [0.1, 0.15) is 0 Å². The van der Waals surface area contributed by atoms with Gasteiger partial charge in [0.15, 0.2) is 0 Å². The van der Waals surface area contributed by atoms with Gasteiger partial charge >= 0.3 is 6.03 Å². The first-order valence-corrected chi connectivity index (χ1v) is 9.52. The molecular weight excluding hydrogens is 368 g/mol. The molecule has 0 spiro atoms. The third-order valence-corrected chi connectivity index (χ3v) is 4.84. The Hall–Kier alpha value is -3.68. The van der Waals surface area contributed by atoms with E-state index in [0.29, 0.717) is 37.8 Å². The minimum atomic E-state index is -0.259. The predicted molar refractivity (Wildman–Crippen MR) is 112 cm³/mol. The lowest BCUT2D eigenvalue weighted by atomic mass is 10.1. The van der Waals surface area contributed by atoms with Crippen LogP contribution in [0.15, 0.2) is 60.9 Å². The Balaban J connectivity index is 1.24. The summed E-state index contributed by atoms with van der Waals surface area (Å²) in [6.45, 7) is 2.34. The lowest BCUT2D eigenvalue weighted by molar-refractivity contribution is -0.115. The highest BCUT2D eigenvalue weighted by Crippen LogP contribution is 2.18. The fraction of sp³-hybridized carbons (Fsp3) is 0.238. The highest BCUT2D eigenvalue weighted by atomic mass is 16.2. The number of piperazine rings is 1. The maximum Gasteiger partial charge on any atom is 0.317 e. The number of aromatic nitrogens is 2. The Morgan fingerprint density at radius 3 is 2.38 bits per heavy atom. The predicted octanol–water partition coefficient (Wildman–Crippen LogP) is 2.10. The van der Waals surface area contributed by atoms with Gasteiger partial charge in [0.05, 0.1) is 6.54 Å².